The van der Waals surface area contributed by atoms with Gasteiger partial charge in [0.15, 0.2) is 0 Å². The third-order valence-corrected chi connectivity index (χ3v) is 12.5. The zero-order chi connectivity index (χ0) is 27.5. The zero-order valence-corrected chi connectivity index (χ0v) is 27.3. The highest BCUT2D eigenvalue weighted by Crippen LogP contribution is 2.48. The van der Waals surface area contributed by atoms with Crippen molar-refractivity contribution >= 4 is 8.58 Å². The lowest BCUT2D eigenvalue weighted by Gasteiger charge is -2.40. The van der Waals surface area contributed by atoms with Crippen LogP contribution in [0.1, 0.15) is 139 Å². The second-order valence-corrected chi connectivity index (χ2v) is 16.0. The zero-order valence-electron chi connectivity index (χ0n) is 26.3. The monoisotopic (exact) mass is 532 g/mol. The van der Waals surface area contributed by atoms with E-state index in [0.29, 0.717) is 22.7 Å². The van der Waals surface area contributed by atoms with Gasteiger partial charge in [0.05, 0.1) is 6.04 Å². The maximum atomic E-state index is 4.50. The molecule has 0 aromatic rings. The van der Waals surface area contributed by atoms with E-state index in [-0.39, 0.29) is 0 Å². The van der Waals surface area contributed by atoms with Gasteiger partial charge in [-0.15, -0.1) is 8.58 Å². The minimum absolute atomic E-state index is 0.397. The molecule has 216 valence electrons. The Kier molecular flexibility index (Phi) is 14.3. The van der Waals surface area contributed by atoms with Gasteiger partial charge in [-0.25, -0.2) is 0 Å². The van der Waals surface area contributed by atoms with E-state index >= 15 is 0 Å². The summed E-state index contributed by atoms with van der Waals surface area (Å²) < 4.78 is 0. The van der Waals surface area contributed by atoms with Gasteiger partial charge in [-0.2, -0.15) is 0 Å². The molecule has 0 radical (unpaired) electrons. The number of hydrogen-bond acceptors (Lipinski definition) is 2. The largest absolute Gasteiger partial charge is 0.381 e. The van der Waals surface area contributed by atoms with Crippen LogP contribution in [0.4, 0.5) is 0 Å². The summed E-state index contributed by atoms with van der Waals surface area (Å²) in [6.07, 6.45) is 21.2. The first-order valence-electron chi connectivity index (χ1n) is 16.2. The number of nitrogens with one attached hydrogen (secondary N) is 2. The molecule has 1 fully saturated rings. The Morgan fingerprint density at radius 3 is 2.24 bits per heavy atom. The molecule has 37 heavy (non-hydrogen) atoms. The lowest BCUT2D eigenvalue weighted by molar-refractivity contribution is 0.283. The SMILES string of the molecule is C=C1C=C(C2CCC(CPC(C)(C)C(C)(C)C)CC2)NC1CCC(CCCCC)C(CC)NCCCC. The molecule has 2 nitrogen and oxygen atoms in total. The van der Waals surface area contributed by atoms with E-state index in [1.807, 2.05) is 0 Å². The van der Waals surface area contributed by atoms with Crippen molar-refractivity contribution in [2.24, 2.45) is 23.2 Å². The van der Waals surface area contributed by atoms with Gasteiger partial charge >= 0.3 is 0 Å². The fourth-order valence-electron chi connectivity index (χ4n) is 6.16. The van der Waals surface area contributed by atoms with Crippen LogP contribution in [0.25, 0.3) is 0 Å². The summed E-state index contributed by atoms with van der Waals surface area (Å²) in [5.74, 6) is 2.46. The highest BCUT2D eigenvalue weighted by molar-refractivity contribution is 7.40. The molecule has 1 saturated carbocycles. The first-order valence-corrected chi connectivity index (χ1v) is 17.4. The second-order valence-electron chi connectivity index (χ2n) is 14.0. The van der Waals surface area contributed by atoms with Gasteiger partial charge in [-0.3, -0.25) is 0 Å². The smallest absolute Gasteiger partial charge is 0.0505 e. The van der Waals surface area contributed by atoms with Crippen molar-refractivity contribution in [3.05, 3.63) is 23.9 Å². The fourth-order valence-corrected chi connectivity index (χ4v) is 7.90. The van der Waals surface area contributed by atoms with Gasteiger partial charge in [-0.1, -0.05) is 87.7 Å². The molecule has 0 amide bonds. The molecule has 0 bridgehead atoms. The predicted molar refractivity (Wildman–Crippen MR) is 170 cm³/mol. The van der Waals surface area contributed by atoms with Crippen LogP contribution in [0.2, 0.25) is 0 Å². The van der Waals surface area contributed by atoms with E-state index in [4.69, 9.17) is 0 Å². The highest BCUT2D eigenvalue weighted by atomic mass is 31.1. The quantitative estimate of drug-likeness (QED) is 0.144. The molecule has 1 aliphatic carbocycles. The molecule has 3 heteroatoms. The summed E-state index contributed by atoms with van der Waals surface area (Å²) in [6.45, 7) is 24.9. The first kappa shape index (κ1) is 32.9. The first-order chi connectivity index (χ1) is 17.5. The van der Waals surface area contributed by atoms with E-state index in [1.165, 1.54) is 107 Å². The lowest BCUT2D eigenvalue weighted by Crippen LogP contribution is -2.37. The van der Waals surface area contributed by atoms with E-state index in [9.17, 15) is 0 Å². The lowest BCUT2D eigenvalue weighted by atomic mass is 9.81. The van der Waals surface area contributed by atoms with Gasteiger partial charge in [0.25, 0.3) is 0 Å². The minimum Gasteiger partial charge on any atom is -0.381 e. The summed E-state index contributed by atoms with van der Waals surface area (Å²) in [5.41, 5.74) is 3.25. The van der Waals surface area contributed by atoms with Crippen molar-refractivity contribution in [2.75, 3.05) is 12.7 Å². The third-order valence-electron chi connectivity index (χ3n) is 10.1. The van der Waals surface area contributed by atoms with Crippen molar-refractivity contribution in [1.82, 2.24) is 10.6 Å². The number of rotatable bonds is 17. The Balaban J connectivity index is 1.82. The molecule has 2 rings (SSSR count). The minimum atomic E-state index is 0.397. The predicted octanol–water partition coefficient (Wildman–Crippen LogP) is 9.85. The average molecular weight is 533 g/mol. The number of unbranched alkanes of at least 4 members (excludes halogenated alkanes) is 3. The summed E-state index contributed by atoms with van der Waals surface area (Å²) in [5, 5.41) is 8.34. The molecule has 0 aromatic heterocycles. The topological polar surface area (TPSA) is 24.1 Å². The molecule has 0 saturated heterocycles. The third kappa shape index (κ3) is 10.6. The van der Waals surface area contributed by atoms with Crippen LogP contribution in [-0.2, 0) is 0 Å². The van der Waals surface area contributed by atoms with E-state index in [1.54, 1.807) is 0 Å². The Morgan fingerprint density at radius 1 is 0.973 bits per heavy atom. The maximum Gasteiger partial charge on any atom is 0.0505 e. The van der Waals surface area contributed by atoms with E-state index < -0.39 is 0 Å². The number of allylic oxidation sites excluding steroid dienone is 1. The van der Waals surface area contributed by atoms with Crippen molar-refractivity contribution in [3.8, 4) is 0 Å². The summed E-state index contributed by atoms with van der Waals surface area (Å²) in [6, 6.07) is 1.13. The van der Waals surface area contributed by atoms with Crippen LogP contribution in [0.5, 0.6) is 0 Å². The van der Waals surface area contributed by atoms with Crippen molar-refractivity contribution < 1.29 is 0 Å². The molecular formula is C34H65N2P. The number of hydrogen-bond donors (Lipinski definition) is 2. The van der Waals surface area contributed by atoms with Crippen LogP contribution in [0.15, 0.2) is 23.9 Å². The van der Waals surface area contributed by atoms with Gasteiger partial charge in [0.2, 0.25) is 0 Å². The van der Waals surface area contributed by atoms with Crippen LogP contribution >= 0.6 is 8.58 Å². The van der Waals surface area contributed by atoms with Crippen LogP contribution in [0.3, 0.4) is 0 Å². The van der Waals surface area contributed by atoms with Crippen molar-refractivity contribution in [1.29, 1.82) is 0 Å². The van der Waals surface area contributed by atoms with E-state index in [0.717, 1.165) is 26.3 Å². The Labute approximate surface area is 234 Å². The van der Waals surface area contributed by atoms with Gasteiger partial charge < -0.3 is 10.6 Å². The van der Waals surface area contributed by atoms with Crippen LogP contribution in [-0.4, -0.2) is 29.9 Å². The molecule has 1 heterocycles. The normalized spacial score (nSPS) is 24.9. The molecule has 0 spiro atoms. The van der Waals surface area contributed by atoms with Gasteiger partial charge in [-0.05, 0) is 110 Å². The molecule has 2 N–H and O–H groups in total. The summed E-state index contributed by atoms with van der Waals surface area (Å²) >= 11 is 0. The second kappa shape index (κ2) is 16.1. The Bertz CT molecular complexity index is 680. The molecule has 4 atom stereocenters. The molecule has 4 unspecified atom stereocenters. The molecule has 2 aliphatic rings. The van der Waals surface area contributed by atoms with Crippen LogP contribution < -0.4 is 10.6 Å². The summed E-state index contributed by atoms with van der Waals surface area (Å²) in [4.78, 5) is 0. The average Bonchev–Trinajstić information content (AvgIpc) is 3.23. The van der Waals surface area contributed by atoms with Gasteiger partial charge in [0.1, 0.15) is 0 Å². The fraction of sp³-hybridized carbons (Fsp3) is 0.882. The standard InChI is InChI=1S/C34H65N2P/c1-10-13-15-16-28(30(12-3)35-23-14-11-2)21-22-31-26(4)24-32(36-31)29-19-17-27(18-20-29)25-37-34(8,9)33(5,6)7/h24,27-31,35-37H,4,10-23,25H2,1-3,5-9H3. The van der Waals surface area contributed by atoms with Crippen molar-refractivity contribution in [3.63, 3.8) is 0 Å². The molecular weight excluding hydrogens is 467 g/mol. The van der Waals surface area contributed by atoms with Crippen molar-refractivity contribution in [2.45, 2.75) is 156 Å². The Morgan fingerprint density at radius 2 is 1.65 bits per heavy atom. The van der Waals surface area contributed by atoms with E-state index in [2.05, 4.69) is 78.7 Å². The summed E-state index contributed by atoms with van der Waals surface area (Å²) in [7, 11) is 1.08. The molecule has 1 aliphatic heterocycles. The molecule has 0 aromatic carbocycles. The van der Waals surface area contributed by atoms with Gasteiger partial charge in [0, 0.05) is 11.7 Å². The highest BCUT2D eigenvalue weighted by Gasteiger charge is 2.34. The maximum absolute atomic E-state index is 4.50. The Hall–Kier alpha value is -0.330. The van der Waals surface area contributed by atoms with Crippen LogP contribution in [0, 0.1) is 23.2 Å².